The number of aromatic nitrogens is 2. The number of imidazole rings is 1. The summed E-state index contributed by atoms with van der Waals surface area (Å²) in [6.45, 7) is 7.14. The van der Waals surface area contributed by atoms with Crippen molar-refractivity contribution in [2.75, 3.05) is 13.1 Å². The maximum Gasteiger partial charge on any atom is 0.239 e. The van der Waals surface area contributed by atoms with Crippen LogP contribution in [0.3, 0.4) is 0 Å². The Labute approximate surface area is 103 Å². The Morgan fingerprint density at radius 1 is 1.53 bits per heavy atom. The number of hydrogen-bond donors (Lipinski definition) is 2. The molecule has 0 fully saturated rings. The molecule has 5 nitrogen and oxygen atoms in total. The van der Waals surface area contributed by atoms with Gasteiger partial charge in [-0.1, -0.05) is 6.92 Å². The topological polar surface area (TPSA) is 59.0 Å². The summed E-state index contributed by atoms with van der Waals surface area (Å²) in [7, 11) is 1.95. The van der Waals surface area contributed by atoms with Gasteiger partial charge in [-0.05, 0) is 20.4 Å². The zero-order valence-corrected chi connectivity index (χ0v) is 11.1. The summed E-state index contributed by atoms with van der Waals surface area (Å²) in [6.07, 6.45) is 4.41. The van der Waals surface area contributed by atoms with E-state index in [-0.39, 0.29) is 5.91 Å². The maximum absolute atomic E-state index is 11.9. The van der Waals surface area contributed by atoms with Crippen molar-refractivity contribution in [1.29, 1.82) is 0 Å². The Morgan fingerprint density at radius 3 is 2.76 bits per heavy atom. The molecule has 2 N–H and O–H groups in total. The second-order valence-electron chi connectivity index (χ2n) is 4.62. The molecule has 0 saturated heterocycles. The zero-order valence-electron chi connectivity index (χ0n) is 11.1. The molecule has 0 aliphatic rings. The molecule has 0 aliphatic carbocycles. The van der Waals surface area contributed by atoms with Crippen molar-refractivity contribution in [2.45, 2.75) is 32.7 Å². The molecular formula is C12H22N4O. The predicted molar refractivity (Wildman–Crippen MR) is 67.7 cm³/mol. The highest BCUT2D eigenvalue weighted by molar-refractivity contribution is 5.85. The van der Waals surface area contributed by atoms with E-state index in [1.54, 1.807) is 6.20 Å². The van der Waals surface area contributed by atoms with Gasteiger partial charge in [0, 0.05) is 32.4 Å². The standard InChI is InChI=1S/C12H22N4O/c1-5-15-12(2,3)11(17)14-7-6-10-13-8-9-16(10)4/h8-9,15H,5-7H2,1-4H3,(H,14,17). The van der Waals surface area contributed by atoms with Crippen LogP contribution in [-0.4, -0.2) is 34.1 Å². The van der Waals surface area contributed by atoms with Crippen LogP contribution in [0.15, 0.2) is 12.4 Å². The van der Waals surface area contributed by atoms with Crippen molar-refractivity contribution >= 4 is 5.91 Å². The van der Waals surface area contributed by atoms with E-state index >= 15 is 0 Å². The van der Waals surface area contributed by atoms with Gasteiger partial charge in [0.05, 0.1) is 5.54 Å². The molecule has 17 heavy (non-hydrogen) atoms. The number of nitrogens with one attached hydrogen (secondary N) is 2. The zero-order chi connectivity index (χ0) is 12.9. The SMILES string of the molecule is CCNC(C)(C)C(=O)NCCc1nccn1C. The van der Waals surface area contributed by atoms with E-state index in [4.69, 9.17) is 0 Å². The van der Waals surface area contributed by atoms with Crippen LogP contribution in [0.1, 0.15) is 26.6 Å². The van der Waals surface area contributed by atoms with Gasteiger partial charge in [-0.25, -0.2) is 4.98 Å². The molecule has 0 aromatic carbocycles. The van der Waals surface area contributed by atoms with E-state index in [2.05, 4.69) is 15.6 Å². The quantitative estimate of drug-likeness (QED) is 0.757. The molecule has 5 heteroatoms. The number of nitrogens with zero attached hydrogens (tertiary/aromatic N) is 2. The van der Waals surface area contributed by atoms with Crippen LogP contribution in [0.4, 0.5) is 0 Å². The first-order valence-corrected chi connectivity index (χ1v) is 5.97. The van der Waals surface area contributed by atoms with Gasteiger partial charge in [-0.2, -0.15) is 0 Å². The Hall–Kier alpha value is -1.36. The third-order valence-electron chi connectivity index (χ3n) is 2.74. The summed E-state index contributed by atoms with van der Waals surface area (Å²) in [5.41, 5.74) is -0.517. The lowest BCUT2D eigenvalue weighted by atomic mass is 10.0. The molecule has 1 rings (SSSR count). The van der Waals surface area contributed by atoms with E-state index in [0.29, 0.717) is 6.54 Å². The van der Waals surface area contributed by atoms with Gasteiger partial charge >= 0.3 is 0 Å². The summed E-state index contributed by atoms with van der Waals surface area (Å²) < 4.78 is 1.96. The van der Waals surface area contributed by atoms with E-state index in [0.717, 1.165) is 18.8 Å². The molecule has 0 saturated carbocycles. The summed E-state index contributed by atoms with van der Waals surface area (Å²) in [5, 5.41) is 6.06. The van der Waals surface area contributed by atoms with Gasteiger partial charge in [-0.15, -0.1) is 0 Å². The molecule has 0 radical (unpaired) electrons. The molecule has 1 amide bonds. The molecular weight excluding hydrogens is 216 g/mol. The van der Waals surface area contributed by atoms with E-state index in [1.807, 2.05) is 38.6 Å². The first kappa shape index (κ1) is 13.7. The van der Waals surface area contributed by atoms with Crippen LogP contribution in [-0.2, 0) is 18.3 Å². The van der Waals surface area contributed by atoms with E-state index in [1.165, 1.54) is 0 Å². The molecule has 0 aliphatic heterocycles. The van der Waals surface area contributed by atoms with Crippen LogP contribution in [0.5, 0.6) is 0 Å². The Bertz CT molecular complexity index is 370. The fourth-order valence-electron chi connectivity index (χ4n) is 1.67. The van der Waals surface area contributed by atoms with Crippen molar-refractivity contribution in [3.8, 4) is 0 Å². The lowest BCUT2D eigenvalue weighted by Crippen LogP contribution is -2.52. The minimum atomic E-state index is -0.517. The number of hydrogen-bond acceptors (Lipinski definition) is 3. The van der Waals surface area contributed by atoms with Gasteiger partial charge in [0.1, 0.15) is 5.82 Å². The van der Waals surface area contributed by atoms with Crippen molar-refractivity contribution < 1.29 is 4.79 Å². The number of carbonyl (C=O) groups is 1. The van der Waals surface area contributed by atoms with Crippen LogP contribution in [0.25, 0.3) is 0 Å². The molecule has 0 bridgehead atoms. The lowest BCUT2D eigenvalue weighted by molar-refractivity contribution is -0.126. The third-order valence-corrected chi connectivity index (χ3v) is 2.74. The Kier molecular flexibility index (Phi) is 4.69. The molecule has 1 aromatic heterocycles. The highest BCUT2D eigenvalue weighted by Crippen LogP contribution is 2.01. The molecule has 0 unspecified atom stereocenters. The second-order valence-corrected chi connectivity index (χ2v) is 4.62. The summed E-state index contributed by atoms with van der Waals surface area (Å²) in [5.74, 6) is 1.00. The van der Waals surface area contributed by atoms with Crippen molar-refractivity contribution in [1.82, 2.24) is 20.2 Å². The monoisotopic (exact) mass is 238 g/mol. The van der Waals surface area contributed by atoms with Gasteiger partial charge in [-0.3, -0.25) is 4.79 Å². The van der Waals surface area contributed by atoms with E-state index in [9.17, 15) is 4.79 Å². The average Bonchev–Trinajstić information content (AvgIpc) is 2.64. The minimum absolute atomic E-state index is 0.0218. The molecule has 96 valence electrons. The van der Waals surface area contributed by atoms with Crippen molar-refractivity contribution in [3.05, 3.63) is 18.2 Å². The van der Waals surface area contributed by atoms with Gasteiger partial charge in [0.25, 0.3) is 0 Å². The van der Waals surface area contributed by atoms with Crippen molar-refractivity contribution in [2.24, 2.45) is 7.05 Å². The number of amides is 1. The Balaban J connectivity index is 2.36. The molecule has 1 heterocycles. The smallest absolute Gasteiger partial charge is 0.239 e. The third kappa shape index (κ3) is 3.85. The maximum atomic E-state index is 11.9. The van der Waals surface area contributed by atoms with Gasteiger partial charge < -0.3 is 15.2 Å². The van der Waals surface area contributed by atoms with Gasteiger partial charge in [0.15, 0.2) is 0 Å². The number of likely N-dealkylation sites (N-methyl/N-ethyl adjacent to an activating group) is 1. The number of rotatable bonds is 6. The normalized spacial score (nSPS) is 11.5. The highest BCUT2D eigenvalue weighted by Gasteiger charge is 2.25. The van der Waals surface area contributed by atoms with Crippen molar-refractivity contribution in [3.63, 3.8) is 0 Å². The van der Waals surface area contributed by atoms with E-state index < -0.39 is 5.54 Å². The average molecular weight is 238 g/mol. The second kappa shape index (κ2) is 5.82. The van der Waals surface area contributed by atoms with Crippen LogP contribution in [0, 0.1) is 0 Å². The van der Waals surface area contributed by atoms with Gasteiger partial charge in [0.2, 0.25) is 5.91 Å². The molecule has 0 spiro atoms. The number of carbonyl (C=O) groups excluding carboxylic acids is 1. The molecule has 1 aromatic rings. The number of aryl methyl sites for hydroxylation is 1. The first-order chi connectivity index (χ1) is 7.97. The summed E-state index contributed by atoms with van der Waals surface area (Å²) in [4.78, 5) is 16.1. The first-order valence-electron chi connectivity index (χ1n) is 5.97. The summed E-state index contributed by atoms with van der Waals surface area (Å²) >= 11 is 0. The van der Waals surface area contributed by atoms with Crippen LogP contribution < -0.4 is 10.6 Å². The largest absolute Gasteiger partial charge is 0.354 e. The lowest BCUT2D eigenvalue weighted by Gasteiger charge is -2.24. The fraction of sp³-hybridized carbons (Fsp3) is 0.667. The fourth-order valence-corrected chi connectivity index (χ4v) is 1.67. The summed E-state index contributed by atoms with van der Waals surface area (Å²) in [6, 6.07) is 0. The minimum Gasteiger partial charge on any atom is -0.354 e. The highest BCUT2D eigenvalue weighted by atomic mass is 16.2. The Morgan fingerprint density at radius 2 is 2.24 bits per heavy atom. The van der Waals surface area contributed by atoms with Crippen LogP contribution >= 0.6 is 0 Å². The predicted octanol–water partition coefficient (Wildman–Crippen LogP) is 0.467. The van der Waals surface area contributed by atoms with Crippen LogP contribution in [0.2, 0.25) is 0 Å². The molecule has 0 atom stereocenters.